The van der Waals surface area contributed by atoms with E-state index in [0.29, 0.717) is 6.54 Å². The van der Waals surface area contributed by atoms with Gasteiger partial charge in [-0.25, -0.2) is 4.98 Å². The molecule has 1 aromatic carbocycles. The summed E-state index contributed by atoms with van der Waals surface area (Å²) in [6.07, 6.45) is 6.84. The molecule has 1 aliphatic rings. The van der Waals surface area contributed by atoms with Gasteiger partial charge in [0.25, 0.3) is 5.56 Å². The van der Waals surface area contributed by atoms with E-state index in [1.165, 1.54) is 5.56 Å². The first kappa shape index (κ1) is 17.1. The number of hydrogen-bond donors (Lipinski definition) is 0. The van der Waals surface area contributed by atoms with E-state index in [4.69, 9.17) is 4.98 Å². The molecule has 3 aromatic heterocycles. The summed E-state index contributed by atoms with van der Waals surface area (Å²) in [5, 5.41) is 5.26. The van der Waals surface area contributed by atoms with Gasteiger partial charge in [-0.05, 0) is 43.0 Å². The summed E-state index contributed by atoms with van der Waals surface area (Å²) in [6, 6.07) is 10.3. The summed E-state index contributed by atoms with van der Waals surface area (Å²) in [5.74, 6) is 0.801. The molecular weight excluding hydrogens is 368 g/mol. The minimum atomic E-state index is 0.0880. The van der Waals surface area contributed by atoms with E-state index in [0.717, 1.165) is 50.6 Å². The van der Waals surface area contributed by atoms with E-state index in [-0.39, 0.29) is 5.56 Å². The molecule has 0 bridgehead atoms. The first-order valence-corrected chi connectivity index (χ1v) is 10.2. The third kappa shape index (κ3) is 2.81. The Hall–Kier alpha value is -2.99. The van der Waals surface area contributed by atoms with Crippen LogP contribution in [-0.2, 0) is 13.1 Å². The summed E-state index contributed by atoms with van der Waals surface area (Å²) >= 11 is 1.60. The number of rotatable bonds is 3. The van der Waals surface area contributed by atoms with Crippen LogP contribution >= 0.6 is 11.3 Å². The van der Waals surface area contributed by atoms with Crippen LogP contribution in [0.25, 0.3) is 21.9 Å². The van der Waals surface area contributed by atoms with Crippen LogP contribution in [0.3, 0.4) is 0 Å². The van der Waals surface area contributed by atoms with Gasteiger partial charge in [-0.15, -0.1) is 11.3 Å². The van der Waals surface area contributed by atoms with Crippen LogP contribution in [0.4, 0.5) is 0 Å². The first-order valence-electron chi connectivity index (χ1n) is 9.38. The molecule has 0 N–H and O–H groups in total. The highest BCUT2D eigenvalue weighted by Crippen LogP contribution is 2.31. The molecule has 4 heterocycles. The lowest BCUT2D eigenvalue weighted by Crippen LogP contribution is -2.20. The van der Waals surface area contributed by atoms with Gasteiger partial charge in [-0.3, -0.25) is 14.0 Å². The quantitative estimate of drug-likeness (QED) is 0.527. The van der Waals surface area contributed by atoms with Crippen LogP contribution in [-0.4, -0.2) is 19.3 Å². The molecule has 4 aromatic rings. The highest BCUT2D eigenvalue weighted by atomic mass is 32.1. The predicted octanol–water partition coefficient (Wildman–Crippen LogP) is 4.26. The number of allylic oxidation sites excluding steroid dienone is 1. The maximum atomic E-state index is 12.9. The Labute approximate surface area is 166 Å². The van der Waals surface area contributed by atoms with Gasteiger partial charge in [-0.2, -0.15) is 5.10 Å². The van der Waals surface area contributed by atoms with Crippen LogP contribution < -0.4 is 5.56 Å². The predicted molar refractivity (Wildman–Crippen MR) is 114 cm³/mol. The fourth-order valence-electron chi connectivity index (χ4n) is 3.77. The molecule has 1 aliphatic heterocycles. The molecule has 0 unspecified atom stereocenters. The van der Waals surface area contributed by atoms with Gasteiger partial charge in [-0.1, -0.05) is 30.3 Å². The first-order chi connectivity index (χ1) is 13.6. The van der Waals surface area contributed by atoms with Gasteiger partial charge in [0.05, 0.1) is 18.1 Å². The molecule has 6 heteroatoms. The van der Waals surface area contributed by atoms with E-state index in [2.05, 4.69) is 30.2 Å². The Balaban J connectivity index is 1.50. The third-order valence-corrected chi connectivity index (χ3v) is 6.46. The number of nitrogens with zero attached hydrogens (tertiary/aromatic N) is 4. The highest BCUT2D eigenvalue weighted by molar-refractivity contribution is 7.18. The van der Waals surface area contributed by atoms with Crippen LogP contribution in [0.15, 0.2) is 47.5 Å². The number of aryl methyl sites for hydroxylation is 2. The Kier molecular flexibility index (Phi) is 4.02. The number of hydrogen-bond acceptors (Lipinski definition) is 4. The lowest BCUT2D eigenvalue weighted by molar-refractivity contribution is 0.687. The van der Waals surface area contributed by atoms with Crippen LogP contribution in [0.1, 0.15) is 33.8 Å². The summed E-state index contributed by atoms with van der Waals surface area (Å²) in [7, 11) is 0. The zero-order chi connectivity index (χ0) is 19.3. The van der Waals surface area contributed by atoms with Crippen molar-refractivity contribution in [3.8, 4) is 0 Å². The van der Waals surface area contributed by atoms with E-state index >= 15 is 0 Å². The van der Waals surface area contributed by atoms with E-state index in [9.17, 15) is 4.79 Å². The van der Waals surface area contributed by atoms with Crippen LogP contribution in [0.5, 0.6) is 0 Å². The lowest BCUT2D eigenvalue weighted by atomic mass is 10.1. The lowest BCUT2D eigenvalue weighted by Gasteiger charge is -2.03. The number of thiophene rings is 1. The molecule has 140 valence electrons. The fourth-order valence-corrected chi connectivity index (χ4v) is 4.79. The summed E-state index contributed by atoms with van der Waals surface area (Å²) in [5.41, 5.74) is 4.50. The maximum Gasteiger partial charge on any atom is 0.262 e. The van der Waals surface area contributed by atoms with Gasteiger partial charge in [0.1, 0.15) is 10.7 Å². The van der Waals surface area contributed by atoms with Crippen molar-refractivity contribution < 1.29 is 0 Å². The van der Waals surface area contributed by atoms with Crippen molar-refractivity contribution in [1.82, 2.24) is 19.3 Å². The van der Waals surface area contributed by atoms with E-state index in [1.54, 1.807) is 11.3 Å². The summed E-state index contributed by atoms with van der Waals surface area (Å²) in [4.78, 5) is 19.8. The zero-order valence-corrected chi connectivity index (χ0v) is 16.7. The SMILES string of the molecule is Cc1sc2nc3n(c(=O)c2c1C)CC/C3=C/c1cnn(Cc2ccccc2)c1. The van der Waals surface area contributed by atoms with Crippen molar-refractivity contribution in [2.24, 2.45) is 0 Å². The fraction of sp³-hybridized carbons (Fsp3) is 0.227. The second-order valence-electron chi connectivity index (χ2n) is 7.23. The molecule has 0 atom stereocenters. The molecule has 0 radical (unpaired) electrons. The van der Waals surface area contributed by atoms with E-state index in [1.807, 2.05) is 46.8 Å². The second-order valence-corrected chi connectivity index (χ2v) is 8.44. The second kappa shape index (κ2) is 6.56. The third-order valence-electron chi connectivity index (χ3n) is 5.36. The van der Waals surface area contributed by atoms with Gasteiger partial charge in [0.15, 0.2) is 0 Å². The highest BCUT2D eigenvalue weighted by Gasteiger charge is 2.23. The average molecular weight is 388 g/mol. The molecule has 0 spiro atoms. The number of fused-ring (bicyclic) bond motifs is 2. The normalized spacial score (nSPS) is 14.9. The molecule has 0 fully saturated rings. The smallest absolute Gasteiger partial charge is 0.262 e. The summed E-state index contributed by atoms with van der Waals surface area (Å²) < 4.78 is 3.76. The van der Waals surface area contributed by atoms with Gasteiger partial charge >= 0.3 is 0 Å². The largest absolute Gasteiger partial charge is 0.292 e. The van der Waals surface area contributed by atoms with Gasteiger partial charge in [0.2, 0.25) is 0 Å². The van der Waals surface area contributed by atoms with Crippen molar-refractivity contribution in [3.05, 3.63) is 80.5 Å². The molecule has 5 rings (SSSR count). The van der Waals surface area contributed by atoms with Crippen LogP contribution in [0.2, 0.25) is 0 Å². The molecule has 0 aliphatic carbocycles. The Bertz CT molecular complexity index is 1280. The topological polar surface area (TPSA) is 52.7 Å². The molecule has 0 saturated carbocycles. The minimum absolute atomic E-state index is 0.0880. The van der Waals surface area contributed by atoms with Crippen molar-refractivity contribution in [2.45, 2.75) is 33.4 Å². The Morgan fingerprint density at radius 2 is 2.04 bits per heavy atom. The monoisotopic (exact) mass is 388 g/mol. The van der Waals surface area contributed by atoms with Crippen molar-refractivity contribution in [2.75, 3.05) is 0 Å². The minimum Gasteiger partial charge on any atom is -0.292 e. The number of benzene rings is 1. The molecular formula is C22H20N4OS. The van der Waals surface area contributed by atoms with E-state index < -0.39 is 0 Å². The van der Waals surface area contributed by atoms with Crippen molar-refractivity contribution in [1.29, 1.82) is 0 Å². The maximum absolute atomic E-state index is 12.9. The van der Waals surface area contributed by atoms with Gasteiger partial charge in [0, 0.05) is 23.2 Å². The molecule has 5 nitrogen and oxygen atoms in total. The zero-order valence-electron chi connectivity index (χ0n) is 15.8. The number of aromatic nitrogens is 4. The van der Waals surface area contributed by atoms with Gasteiger partial charge < -0.3 is 0 Å². The van der Waals surface area contributed by atoms with Crippen LogP contribution in [0, 0.1) is 13.8 Å². The molecule has 28 heavy (non-hydrogen) atoms. The Morgan fingerprint density at radius 3 is 2.86 bits per heavy atom. The van der Waals surface area contributed by atoms with Crippen molar-refractivity contribution in [3.63, 3.8) is 0 Å². The standard InChI is InChI=1S/C22H20N4OS/c1-14-15(2)28-21-19(14)22(27)26-9-8-18(20(26)24-21)10-17-11-23-25(13-17)12-16-6-4-3-5-7-16/h3-7,10-11,13H,8-9,12H2,1-2H3/b18-10-. The molecule has 0 saturated heterocycles. The average Bonchev–Trinajstić information content (AvgIpc) is 3.37. The summed E-state index contributed by atoms with van der Waals surface area (Å²) in [6.45, 7) is 5.49. The van der Waals surface area contributed by atoms with Crippen molar-refractivity contribution >= 4 is 33.2 Å². The Morgan fingerprint density at radius 1 is 1.21 bits per heavy atom. The molecule has 0 amide bonds.